The predicted octanol–water partition coefficient (Wildman–Crippen LogP) is 3.47. The molecule has 0 unspecified atom stereocenters. The summed E-state index contributed by atoms with van der Waals surface area (Å²) < 4.78 is 0. The quantitative estimate of drug-likeness (QED) is 0.772. The largest absolute Gasteiger partial charge is 0.324 e. The van der Waals surface area contributed by atoms with Gasteiger partial charge in [-0.15, -0.1) is 0 Å². The number of hydrogen-bond donors (Lipinski definition) is 2. The van der Waals surface area contributed by atoms with Crippen molar-refractivity contribution in [3.63, 3.8) is 0 Å². The average molecular weight is 290 g/mol. The Bertz CT molecular complexity index is 760. The Morgan fingerprint density at radius 1 is 0.818 bits per heavy atom. The Hall–Kier alpha value is -3.21. The van der Waals surface area contributed by atoms with Crippen molar-refractivity contribution >= 4 is 23.2 Å². The van der Waals surface area contributed by atoms with Crippen LogP contribution in [0.5, 0.6) is 0 Å². The number of nitrogens with zero attached hydrogens (tertiary/aromatic N) is 2. The lowest BCUT2D eigenvalue weighted by Gasteiger charge is -2.08. The Labute approximate surface area is 128 Å². The molecule has 0 bridgehead atoms. The summed E-state index contributed by atoms with van der Waals surface area (Å²) in [6.07, 6.45) is 3.31. The van der Waals surface area contributed by atoms with Crippen molar-refractivity contribution < 1.29 is 4.79 Å². The van der Waals surface area contributed by atoms with Crippen LogP contribution in [0.2, 0.25) is 0 Å². The van der Waals surface area contributed by atoms with Crippen LogP contribution < -0.4 is 10.6 Å². The third-order valence-electron chi connectivity index (χ3n) is 2.98. The van der Waals surface area contributed by atoms with Crippen molar-refractivity contribution in [2.75, 3.05) is 10.6 Å². The van der Waals surface area contributed by atoms with Crippen LogP contribution in [0.1, 0.15) is 10.4 Å². The molecule has 1 aromatic heterocycles. The third kappa shape index (κ3) is 3.46. The van der Waals surface area contributed by atoms with Crippen molar-refractivity contribution in [3.05, 3.63) is 78.6 Å². The minimum atomic E-state index is -0.163. The van der Waals surface area contributed by atoms with Gasteiger partial charge in [0, 0.05) is 29.3 Å². The van der Waals surface area contributed by atoms with Gasteiger partial charge in [-0.1, -0.05) is 24.3 Å². The van der Waals surface area contributed by atoms with E-state index < -0.39 is 0 Å². The molecule has 0 saturated carbocycles. The molecule has 2 aromatic carbocycles. The maximum atomic E-state index is 12.2. The summed E-state index contributed by atoms with van der Waals surface area (Å²) >= 11 is 0. The summed E-state index contributed by atoms with van der Waals surface area (Å²) in [5.41, 5.74) is 2.08. The molecule has 22 heavy (non-hydrogen) atoms. The van der Waals surface area contributed by atoms with Crippen molar-refractivity contribution in [3.8, 4) is 0 Å². The second-order valence-electron chi connectivity index (χ2n) is 4.60. The van der Waals surface area contributed by atoms with Crippen molar-refractivity contribution in [2.45, 2.75) is 0 Å². The van der Waals surface area contributed by atoms with Gasteiger partial charge < -0.3 is 10.6 Å². The number of aromatic nitrogens is 2. The van der Waals surface area contributed by atoms with Gasteiger partial charge in [0.1, 0.15) is 0 Å². The fourth-order valence-corrected chi connectivity index (χ4v) is 1.96. The number of benzene rings is 2. The van der Waals surface area contributed by atoms with Gasteiger partial charge in [-0.05, 0) is 36.4 Å². The maximum absolute atomic E-state index is 12.2. The van der Waals surface area contributed by atoms with Gasteiger partial charge >= 0.3 is 0 Å². The van der Waals surface area contributed by atoms with E-state index in [0.29, 0.717) is 11.5 Å². The zero-order valence-electron chi connectivity index (χ0n) is 11.7. The molecule has 0 atom stereocenters. The van der Waals surface area contributed by atoms with Gasteiger partial charge in [-0.3, -0.25) is 4.79 Å². The minimum Gasteiger partial charge on any atom is -0.324 e. The zero-order valence-corrected chi connectivity index (χ0v) is 11.7. The van der Waals surface area contributed by atoms with Gasteiger partial charge in [0.05, 0.1) is 0 Å². The molecule has 5 heteroatoms. The van der Waals surface area contributed by atoms with Crippen molar-refractivity contribution in [2.24, 2.45) is 0 Å². The fraction of sp³-hybridized carbons (Fsp3) is 0. The summed E-state index contributed by atoms with van der Waals surface area (Å²) in [5, 5.41) is 5.91. The highest BCUT2D eigenvalue weighted by Gasteiger charge is 2.07. The van der Waals surface area contributed by atoms with Crippen molar-refractivity contribution in [1.82, 2.24) is 9.97 Å². The van der Waals surface area contributed by atoms with E-state index in [1.54, 1.807) is 30.6 Å². The van der Waals surface area contributed by atoms with Gasteiger partial charge in [-0.25, -0.2) is 9.97 Å². The summed E-state index contributed by atoms with van der Waals surface area (Å²) in [6, 6.07) is 18.3. The van der Waals surface area contributed by atoms with Crippen LogP contribution in [0.25, 0.3) is 0 Å². The highest BCUT2D eigenvalue weighted by Crippen LogP contribution is 2.16. The number of carbonyl (C=O) groups excluding carboxylic acids is 1. The lowest BCUT2D eigenvalue weighted by atomic mass is 10.2. The van der Waals surface area contributed by atoms with Gasteiger partial charge in [0.25, 0.3) is 5.91 Å². The number of rotatable bonds is 4. The molecule has 0 fully saturated rings. The Morgan fingerprint density at radius 3 is 2.32 bits per heavy atom. The number of amides is 1. The van der Waals surface area contributed by atoms with Crippen LogP contribution in [0, 0.1) is 0 Å². The standard InChI is InChI=1S/C17H14N4O/c22-16(20-14-7-2-1-3-8-14)13-6-4-9-15(12-13)21-17-18-10-5-11-19-17/h1-12H,(H,20,22)(H,18,19,21). The molecule has 3 aromatic rings. The summed E-state index contributed by atoms with van der Waals surface area (Å²) in [7, 11) is 0. The van der Waals surface area contributed by atoms with E-state index >= 15 is 0 Å². The Kier molecular flexibility index (Phi) is 4.06. The first-order chi connectivity index (χ1) is 10.8. The van der Waals surface area contributed by atoms with Gasteiger partial charge in [0.15, 0.2) is 0 Å². The highest BCUT2D eigenvalue weighted by atomic mass is 16.1. The SMILES string of the molecule is O=C(Nc1ccccc1)c1cccc(Nc2ncccn2)c1. The fourth-order valence-electron chi connectivity index (χ4n) is 1.96. The average Bonchev–Trinajstić information content (AvgIpc) is 2.57. The molecule has 0 aliphatic heterocycles. The molecule has 0 aliphatic carbocycles. The van der Waals surface area contributed by atoms with E-state index in [9.17, 15) is 4.79 Å². The summed E-state index contributed by atoms with van der Waals surface area (Å²) in [5.74, 6) is 0.326. The molecule has 3 rings (SSSR count). The summed E-state index contributed by atoms with van der Waals surface area (Å²) in [4.78, 5) is 20.4. The topological polar surface area (TPSA) is 66.9 Å². The first kappa shape index (κ1) is 13.8. The Morgan fingerprint density at radius 2 is 1.55 bits per heavy atom. The molecule has 0 saturated heterocycles. The van der Waals surface area contributed by atoms with Crippen LogP contribution in [0.4, 0.5) is 17.3 Å². The lowest BCUT2D eigenvalue weighted by Crippen LogP contribution is -2.12. The number of para-hydroxylation sites is 1. The molecule has 0 spiro atoms. The van der Waals surface area contributed by atoms with Crippen molar-refractivity contribution in [1.29, 1.82) is 0 Å². The van der Waals surface area contributed by atoms with E-state index in [-0.39, 0.29) is 5.91 Å². The van der Waals surface area contributed by atoms with E-state index in [1.807, 2.05) is 42.5 Å². The summed E-state index contributed by atoms with van der Waals surface area (Å²) in [6.45, 7) is 0. The minimum absolute atomic E-state index is 0.163. The molecule has 1 amide bonds. The van der Waals surface area contributed by atoms with E-state index in [0.717, 1.165) is 11.4 Å². The lowest BCUT2D eigenvalue weighted by molar-refractivity contribution is 0.102. The Balaban J connectivity index is 1.75. The molecule has 0 radical (unpaired) electrons. The smallest absolute Gasteiger partial charge is 0.255 e. The third-order valence-corrected chi connectivity index (χ3v) is 2.98. The van der Waals surface area contributed by atoms with Crippen LogP contribution in [-0.4, -0.2) is 15.9 Å². The first-order valence-corrected chi connectivity index (χ1v) is 6.82. The first-order valence-electron chi connectivity index (χ1n) is 6.82. The molecule has 2 N–H and O–H groups in total. The van der Waals surface area contributed by atoms with Crippen LogP contribution in [-0.2, 0) is 0 Å². The number of hydrogen-bond acceptors (Lipinski definition) is 4. The van der Waals surface area contributed by atoms with E-state index in [1.165, 1.54) is 0 Å². The zero-order chi connectivity index (χ0) is 15.2. The predicted molar refractivity (Wildman–Crippen MR) is 86.2 cm³/mol. The molecular weight excluding hydrogens is 276 g/mol. The normalized spacial score (nSPS) is 10.0. The second-order valence-corrected chi connectivity index (χ2v) is 4.60. The highest BCUT2D eigenvalue weighted by molar-refractivity contribution is 6.04. The molecular formula is C17H14N4O. The van der Waals surface area contributed by atoms with E-state index in [2.05, 4.69) is 20.6 Å². The number of anilines is 3. The maximum Gasteiger partial charge on any atom is 0.255 e. The van der Waals surface area contributed by atoms with Crippen LogP contribution >= 0.6 is 0 Å². The van der Waals surface area contributed by atoms with Crippen LogP contribution in [0.15, 0.2) is 73.1 Å². The number of nitrogens with one attached hydrogen (secondary N) is 2. The van der Waals surface area contributed by atoms with Gasteiger partial charge in [-0.2, -0.15) is 0 Å². The van der Waals surface area contributed by atoms with E-state index in [4.69, 9.17) is 0 Å². The molecule has 1 heterocycles. The molecule has 5 nitrogen and oxygen atoms in total. The molecule has 0 aliphatic rings. The van der Waals surface area contributed by atoms with Gasteiger partial charge in [0.2, 0.25) is 5.95 Å². The number of carbonyl (C=O) groups is 1. The monoisotopic (exact) mass is 290 g/mol. The van der Waals surface area contributed by atoms with Crippen LogP contribution in [0.3, 0.4) is 0 Å². The second kappa shape index (κ2) is 6.49. The molecule has 108 valence electrons.